The van der Waals surface area contributed by atoms with Crippen molar-refractivity contribution >= 4 is 0 Å². The Morgan fingerprint density at radius 2 is 2.20 bits per heavy atom. The smallest absolute Gasteiger partial charge is 0.312 e. The topological polar surface area (TPSA) is 63.4 Å². The Balaban J connectivity index is 3.21. The molecule has 4 nitrogen and oxygen atoms in total. The summed E-state index contributed by atoms with van der Waals surface area (Å²) in [4.78, 5) is 9.19. The number of rotatable bonds is 5. The Morgan fingerprint density at radius 3 is 2.60 bits per heavy atom. The fourth-order valence-corrected chi connectivity index (χ4v) is 0.682. The normalized spacial score (nSPS) is 13.0. The third kappa shape index (κ3) is 4.26. The minimum absolute atomic E-state index is 0.279. The van der Waals surface area contributed by atoms with Gasteiger partial charge in [0, 0.05) is 6.42 Å². The van der Waals surface area contributed by atoms with Crippen molar-refractivity contribution in [2.45, 2.75) is 38.8 Å². The molecule has 0 saturated heterocycles. The molecular formula is C6H13NO3. The molecule has 0 aliphatic rings. The van der Waals surface area contributed by atoms with Crippen molar-refractivity contribution in [3.05, 3.63) is 10.1 Å². The summed E-state index contributed by atoms with van der Waals surface area (Å²) in [5, 5.41) is 18.5. The molecule has 0 aromatic carbocycles. The molecule has 0 rings (SSSR count). The second-order valence-corrected chi connectivity index (χ2v) is 2.26. The summed E-state index contributed by atoms with van der Waals surface area (Å²) in [6.45, 7) is 2.01. The average Bonchev–Trinajstić information content (AvgIpc) is 1.88. The largest absolute Gasteiger partial charge is 0.333 e. The van der Waals surface area contributed by atoms with E-state index in [4.69, 9.17) is 5.11 Å². The predicted molar refractivity (Wildman–Crippen MR) is 37.1 cm³/mol. The Kier molecular flexibility index (Phi) is 4.84. The first-order valence-corrected chi connectivity index (χ1v) is 3.50. The van der Waals surface area contributed by atoms with Gasteiger partial charge in [-0.25, -0.2) is 0 Å². The van der Waals surface area contributed by atoms with Crippen LogP contribution < -0.4 is 0 Å². The van der Waals surface area contributed by atoms with Crippen molar-refractivity contribution in [2.24, 2.45) is 0 Å². The zero-order valence-electron chi connectivity index (χ0n) is 6.12. The van der Waals surface area contributed by atoms with E-state index in [9.17, 15) is 10.1 Å². The summed E-state index contributed by atoms with van der Waals surface area (Å²) in [6, 6.07) is 0. The second kappa shape index (κ2) is 5.17. The van der Waals surface area contributed by atoms with Crippen molar-refractivity contribution in [1.29, 1.82) is 0 Å². The van der Waals surface area contributed by atoms with Crippen LogP contribution in [0.5, 0.6) is 0 Å². The summed E-state index contributed by atoms with van der Waals surface area (Å²) in [7, 11) is 0. The van der Waals surface area contributed by atoms with Gasteiger partial charge >= 0.3 is 6.23 Å². The maximum Gasteiger partial charge on any atom is 0.312 e. The van der Waals surface area contributed by atoms with Crippen LogP contribution in [0.15, 0.2) is 0 Å². The van der Waals surface area contributed by atoms with Gasteiger partial charge < -0.3 is 5.11 Å². The third-order valence-corrected chi connectivity index (χ3v) is 1.31. The first-order chi connectivity index (χ1) is 4.68. The number of aliphatic hydroxyl groups is 1. The maximum absolute atomic E-state index is 9.85. The highest BCUT2D eigenvalue weighted by Gasteiger charge is 2.12. The van der Waals surface area contributed by atoms with Gasteiger partial charge in [0.15, 0.2) is 0 Å². The van der Waals surface area contributed by atoms with E-state index in [1.54, 1.807) is 0 Å². The van der Waals surface area contributed by atoms with Gasteiger partial charge in [-0.1, -0.05) is 19.8 Å². The van der Waals surface area contributed by atoms with E-state index in [0.717, 1.165) is 19.3 Å². The average molecular weight is 147 g/mol. The molecule has 0 saturated carbocycles. The molecule has 0 spiro atoms. The Morgan fingerprint density at radius 1 is 1.60 bits per heavy atom. The lowest BCUT2D eigenvalue weighted by atomic mass is 10.2. The van der Waals surface area contributed by atoms with Crippen LogP contribution in [0.2, 0.25) is 0 Å². The molecule has 0 bridgehead atoms. The van der Waals surface area contributed by atoms with Gasteiger partial charge in [0.2, 0.25) is 0 Å². The van der Waals surface area contributed by atoms with Gasteiger partial charge in [-0.2, -0.15) is 0 Å². The standard InChI is InChI=1S/C6H13NO3/c1-2-3-4-5-6(8)7(9)10/h6,8H,2-5H2,1H3. The SMILES string of the molecule is CCCCCC(O)[N+](=O)[O-]. The Hall–Kier alpha value is -0.640. The lowest BCUT2D eigenvalue weighted by molar-refractivity contribution is -0.571. The first kappa shape index (κ1) is 9.36. The molecule has 1 unspecified atom stereocenters. The summed E-state index contributed by atoms with van der Waals surface area (Å²) < 4.78 is 0. The van der Waals surface area contributed by atoms with Crippen LogP contribution in [0, 0.1) is 10.1 Å². The summed E-state index contributed by atoms with van der Waals surface area (Å²) in [5.41, 5.74) is 0. The van der Waals surface area contributed by atoms with Crippen LogP contribution >= 0.6 is 0 Å². The minimum Gasteiger partial charge on any atom is -0.333 e. The van der Waals surface area contributed by atoms with Crippen molar-refractivity contribution < 1.29 is 10.0 Å². The van der Waals surface area contributed by atoms with E-state index in [1.807, 2.05) is 6.92 Å². The fraction of sp³-hybridized carbons (Fsp3) is 1.00. The quantitative estimate of drug-likeness (QED) is 0.274. The first-order valence-electron chi connectivity index (χ1n) is 3.50. The van der Waals surface area contributed by atoms with Gasteiger partial charge in [-0.05, 0) is 6.42 Å². The molecule has 0 radical (unpaired) electrons. The summed E-state index contributed by atoms with van der Waals surface area (Å²) in [6.07, 6.45) is 1.63. The molecule has 0 heterocycles. The van der Waals surface area contributed by atoms with Gasteiger partial charge in [0.05, 0.1) is 4.92 Å². The molecular weight excluding hydrogens is 134 g/mol. The van der Waals surface area contributed by atoms with Crippen molar-refractivity contribution in [3.63, 3.8) is 0 Å². The van der Waals surface area contributed by atoms with Crippen LogP contribution in [0.3, 0.4) is 0 Å². The number of aliphatic hydroxyl groups excluding tert-OH is 1. The number of unbranched alkanes of at least 4 members (excludes halogenated alkanes) is 2. The van der Waals surface area contributed by atoms with Gasteiger partial charge in [0.1, 0.15) is 0 Å². The zero-order valence-corrected chi connectivity index (χ0v) is 6.12. The number of hydrogen-bond donors (Lipinski definition) is 1. The molecule has 4 heteroatoms. The van der Waals surface area contributed by atoms with Gasteiger partial charge in [0.25, 0.3) is 0 Å². The van der Waals surface area contributed by atoms with Crippen LogP contribution in [0.25, 0.3) is 0 Å². The Labute approximate surface area is 60.0 Å². The molecule has 1 N–H and O–H groups in total. The third-order valence-electron chi connectivity index (χ3n) is 1.31. The molecule has 60 valence electrons. The number of nitro groups is 1. The van der Waals surface area contributed by atoms with E-state index >= 15 is 0 Å². The van der Waals surface area contributed by atoms with E-state index in [2.05, 4.69) is 0 Å². The highest BCUT2D eigenvalue weighted by atomic mass is 16.7. The van der Waals surface area contributed by atoms with E-state index < -0.39 is 11.2 Å². The summed E-state index contributed by atoms with van der Waals surface area (Å²) >= 11 is 0. The predicted octanol–water partition coefficient (Wildman–Crippen LogP) is 1.16. The van der Waals surface area contributed by atoms with Crippen molar-refractivity contribution in [2.75, 3.05) is 0 Å². The van der Waals surface area contributed by atoms with Gasteiger partial charge in [-0.15, -0.1) is 0 Å². The van der Waals surface area contributed by atoms with Crippen molar-refractivity contribution in [3.8, 4) is 0 Å². The second-order valence-electron chi connectivity index (χ2n) is 2.26. The zero-order chi connectivity index (χ0) is 7.98. The lowest BCUT2D eigenvalue weighted by Crippen LogP contribution is -2.17. The highest BCUT2D eigenvalue weighted by molar-refractivity contribution is 4.42. The molecule has 0 fully saturated rings. The van der Waals surface area contributed by atoms with Crippen LogP contribution in [-0.2, 0) is 0 Å². The maximum atomic E-state index is 9.85. The van der Waals surface area contributed by atoms with E-state index in [1.165, 1.54) is 0 Å². The minimum atomic E-state index is -1.36. The molecule has 0 aromatic heterocycles. The monoisotopic (exact) mass is 147 g/mol. The summed E-state index contributed by atoms with van der Waals surface area (Å²) in [5.74, 6) is 0. The molecule has 1 atom stereocenters. The molecule has 10 heavy (non-hydrogen) atoms. The Bertz CT molecular complexity index is 105. The van der Waals surface area contributed by atoms with Gasteiger partial charge in [-0.3, -0.25) is 10.1 Å². The van der Waals surface area contributed by atoms with Crippen molar-refractivity contribution in [1.82, 2.24) is 0 Å². The molecule has 0 aromatic rings. The van der Waals surface area contributed by atoms with Crippen LogP contribution in [0.4, 0.5) is 0 Å². The number of hydrogen-bond acceptors (Lipinski definition) is 3. The lowest BCUT2D eigenvalue weighted by Gasteiger charge is -1.99. The fourth-order valence-electron chi connectivity index (χ4n) is 0.682. The van der Waals surface area contributed by atoms with E-state index in [0.29, 0.717) is 0 Å². The highest BCUT2D eigenvalue weighted by Crippen LogP contribution is 2.02. The number of nitrogens with zero attached hydrogens (tertiary/aromatic N) is 1. The molecule has 0 aliphatic carbocycles. The van der Waals surface area contributed by atoms with Crippen LogP contribution in [0.1, 0.15) is 32.6 Å². The molecule has 0 aliphatic heterocycles. The molecule has 0 amide bonds. The van der Waals surface area contributed by atoms with Crippen LogP contribution in [-0.4, -0.2) is 16.3 Å². The van der Waals surface area contributed by atoms with E-state index in [-0.39, 0.29) is 6.42 Å².